The number of nitrogens with zero attached hydrogens (tertiary/aromatic N) is 2. The lowest BCUT2D eigenvalue weighted by Crippen LogP contribution is -1.94. The number of imidazole rings is 1. The number of carbonyl (C=O) groups is 1. The van der Waals surface area contributed by atoms with E-state index in [1.807, 2.05) is 0 Å². The van der Waals surface area contributed by atoms with Gasteiger partial charge in [0, 0.05) is 6.20 Å². The highest BCUT2D eigenvalue weighted by atomic mass is 19.1. The van der Waals surface area contributed by atoms with Crippen LogP contribution < -0.4 is 0 Å². The molecule has 0 bridgehead atoms. The van der Waals surface area contributed by atoms with Crippen molar-refractivity contribution >= 4 is 22.5 Å². The van der Waals surface area contributed by atoms with E-state index in [1.165, 1.54) is 18.3 Å². The van der Waals surface area contributed by atoms with Crippen LogP contribution in [-0.2, 0) is 0 Å². The molecule has 0 saturated carbocycles. The molecule has 0 atom stereocenters. The molecule has 84 valence electrons. The Morgan fingerprint density at radius 3 is 2.82 bits per heavy atom. The molecule has 0 saturated heterocycles. The van der Waals surface area contributed by atoms with Gasteiger partial charge in [0.1, 0.15) is 11.5 Å². The van der Waals surface area contributed by atoms with Crippen LogP contribution in [0, 0.1) is 5.82 Å². The maximum Gasteiger partial charge on any atom is 0.356 e. The average molecular weight is 230 g/mol. The molecule has 1 aromatic carbocycles. The molecule has 0 spiro atoms. The van der Waals surface area contributed by atoms with Crippen molar-refractivity contribution in [1.29, 1.82) is 0 Å². The van der Waals surface area contributed by atoms with E-state index in [4.69, 9.17) is 5.11 Å². The quantitative estimate of drug-likeness (QED) is 0.698. The third-order valence-corrected chi connectivity index (χ3v) is 2.62. The summed E-state index contributed by atoms with van der Waals surface area (Å²) in [6, 6.07) is 7.85. The molecule has 0 radical (unpaired) electrons. The van der Waals surface area contributed by atoms with E-state index in [2.05, 4.69) is 4.98 Å². The van der Waals surface area contributed by atoms with Gasteiger partial charge in [0.25, 0.3) is 0 Å². The zero-order valence-corrected chi connectivity index (χ0v) is 8.59. The third-order valence-electron chi connectivity index (χ3n) is 2.62. The van der Waals surface area contributed by atoms with Crippen molar-refractivity contribution in [1.82, 2.24) is 9.38 Å². The fraction of sp³-hybridized carbons (Fsp3) is 0. The number of rotatable bonds is 1. The number of hydrogen-bond acceptors (Lipinski definition) is 2. The van der Waals surface area contributed by atoms with Crippen molar-refractivity contribution in [2.24, 2.45) is 0 Å². The van der Waals surface area contributed by atoms with Crippen molar-refractivity contribution in [3.63, 3.8) is 0 Å². The fourth-order valence-electron chi connectivity index (χ4n) is 1.84. The predicted octanol–water partition coefficient (Wildman–Crippen LogP) is 2.32. The topological polar surface area (TPSA) is 54.6 Å². The van der Waals surface area contributed by atoms with Gasteiger partial charge < -0.3 is 5.11 Å². The highest BCUT2D eigenvalue weighted by Crippen LogP contribution is 2.18. The molecule has 0 aliphatic rings. The summed E-state index contributed by atoms with van der Waals surface area (Å²) in [7, 11) is 0. The van der Waals surface area contributed by atoms with Gasteiger partial charge in [0.15, 0.2) is 5.69 Å². The largest absolute Gasteiger partial charge is 0.476 e. The third kappa shape index (κ3) is 1.44. The van der Waals surface area contributed by atoms with Gasteiger partial charge in [0.2, 0.25) is 0 Å². The maximum absolute atomic E-state index is 13.2. The molecule has 17 heavy (non-hydrogen) atoms. The first-order chi connectivity index (χ1) is 8.15. The Kier molecular flexibility index (Phi) is 1.89. The number of halogens is 1. The van der Waals surface area contributed by atoms with Crippen LogP contribution in [0.5, 0.6) is 0 Å². The zero-order chi connectivity index (χ0) is 12.0. The molecule has 2 heterocycles. The van der Waals surface area contributed by atoms with Crippen LogP contribution >= 0.6 is 0 Å². The van der Waals surface area contributed by atoms with Crippen LogP contribution in [-0.4, -0.2) is 20.5 Å². The average Bonchev–Trinajstić information content (AvgIpc) is 2.73. The Labute approximate surface area is 94.9 Å². The van der Waals surface area contributed by atoms with E-state index in [0.717, 1.165) is 5.39 Å². The highest BCUT2D eigenvalue weighted by Gasteiger charge is 2.10. The summed E-state index contributed by atoms with van der Waals surface area (Å²) >= 11 is 0. The number of fused-ring (bicyclic) bond motifs is 3. The van der Waals surface area contributed by atoms with E-state index >= 15 is 0 Å². The van der Waals surface area contributed by atoms with Crippen LogP contribution in [0.25, 0.3) is 16.6 Å². The molecule has 5 heteroatoms. The molecule has 0 unspecified atom stereocenters. The van der Waals surface area contributed by atoms with Gasteiger partial charge in [-0.05, 0) is 35.7 Å². The summed E-state index contributed by atoms with van der Waals surface area (Å²) in [5.41, 5.74) is 1.03. The maximum atomic E-state index is 13.2. The van der Waals surface area contributed by atoms with Crippen molar-refractivity contribution in [3.05, 3.63) is 48.0 Å². The summed E-state index contributed by atoms with van der Waals surface area (Å²) in [5.74, 6) is -1.46. The Hall–Kier alpha value is -2.43. The lowest BCUT2D eigenvalue weighted by molar-refractivity contribution is 0.0691. The Bertz CT molecular complexity index is 749. The van der Waals surface area contributed by atoms with Crippen molar-refractivity contribution in [3.8, 4) is 0 Å². The van der Waals surface area contributed by atoms with Crippen molar-refractivity contribution in [2.45, 2.75) is 0 Å². The second kappa shape index (κ2) is 3.28. The smallest absolute Gasteiger partial charge is 0.356 e. The standard InChI is InChI=1S/C12H7FN2O2/c13-8-3-1-7-2-4-11-14-9(12(16)17)6-15(11)10(7)5-8/h1-6H,(H,16,17). The number of carboxylic acid groups (broad SMARTS) is 1. The van der Waals surface area contributed by atoms with Gasteiger partial charge >= 0.3 is 5.97 Å². The van der Waals surface area contributed by atoms with E-state index in [0.29, 0.717) is 11.2 Å². The molecule has 2 aromatic heterocycles. The van der Waals surface area contributed by atoms with Gasteiger partial charge in [0.05, 0.1) is 5.52 Å². The normalized spacial score (nSPS) is 11.1. The molecule has 0 fully saturated rings. The minimum atomic E-state index is -1.10. The summed E-state index contributed by atoms with van der Waals surface area (Å²) in [5, 5.41) is 9.69. The lowest BCUT2D eigenvalue weighted by Gasteiger charge is -2.01. The molecule has 3 aromatic rings. The van der Waals surface area contributed by atoms with Crippen LogP contribution in [0.3, 0.4) is 0 Å². The summed E-state index contributed by atoms with van der Waals surface area (Å²) in [6.07, 6.45) is 1.39. The van der Waals surface area contributed by atoms with Gasteiger partial charge in [-0.15, -0.1) is 0 Å². The molecule has 0 amide bonds. The van der Waals surface area contributed by atoms with E-state index in [-0.39, 0.29) is 11.5 Å². The minimum absolute atomic E-state index is 0.0539. The Morgan fingerprint density at radius 2 is 2.06 bits per heavy atom. The van der Waals surface area contributed by atoms with Crippen LogP contribution in [0.1, 0.15) is 10.5 Å². The molecular formula is C12H7FN2O2. The molecule has 3 rings (SSSR count). The molecular weight excluding hydrogens is 223 g/mol. The highest BCUT2D eigenvalue weighted by molar-refractivity contribution is 5.88. The number of aromatic carboxylic acids is 1. The second-order valence-electron chi connectivity index (χ2n) is 3.70. The number of aromatic nitrogens is 2. The molecule has 1 N–H and O–H groups in total. The summed E-state index contributed by atoms with van der Waals surface area (Å²) in [6.45, 7) is 0. The Morgan fingerprint density at radius 1 is 1.29 bits per heavy atom. The van der Waals surface area contributed by atoms with Gasteiger partial charge in [-0.3, -0.25) is 4.40 Å². The molecule has 0 aliphatic carbocycles. The number of carboxylic acids is 1. The van der Waals surface area contributed by atoms with Crippen molar-refractivity contribution in [2.75, 3.05) is 0 Å². The van der Waals surface area contributed by atoms with E-state index in [9.17, 15) is 9.18 Å². The first kappa shape index (κ1) is 9.77. The van der Waals surface area contributed by atoms with Gasteiger partial charge in [-0.2, -0.15) is 0 Å². The minimum Gasteiger partial charge on any atom is -0.476 e. The predicted molar refractivity (Wildman–Crippen MR) is 59.6 cm³/mol. The number of pyridine rings is 1. The van der Waals surface area contributed by atoms with Crippen LogP contribution in [0.4, 0.5) is 4.39 Å². The Balaban J connectivity index is 2.45. The van der Waals surface area contributed by atoms with E-state index in [1.54, 1.807) is 22.6 Å². The van der Waals surface area contributed by atoms with Crippen LogP contribution in [0.15, 0.2) is 36.5 Å². The number of hydrogen-bond donors (Lipinski definition) is 1. The number of benzene rings is 1. The summed E-state index contributed by atoms with van der Waals surface area (Å²) in [4.78, 5) is 14.8. The fourth-order valence-corrected chi connectivity index (χ4v) is 1.84. The van der Waals surface area contributed by atoms with Gasteiger partial charge in [-0.1, -0.05) is 0 Å². The first-order valence-electron chi connectivity index (χ1n) is 4.96. The SMILES string of the molecule is O=C(O)c1cn2c(ccc3ccc(F)cc32)n1. The van der Waals surface area contributed by atoms with Crippen molar-refractivity contribution < 1.29 is 14.3 Å². The molecule has 0 aliphatic heterocycles. The van der Waals surface area contributed by atoms with E-state index < -0.39 is 5.97 Å². The second-order valence-corrected chi connectivity index (χ2v) is 3.70. The molecule has 4 nitrogen and oxygen atoms in total. The lowest BCUT2D eigenvalue weighted by atomic mass is 10.2. The van der Waals surface area contributed by atoms with Crippen LogP contribution in [0.2, 0.25) is 0 Å². The monoisotopic (exact) mass is 230 g/mol. The first-order valence-corrected chi connectivity index (χ1v) is 4.96. The summed E-state index contributed by atoms with van der Waals surface area (Å²) < 4.78 is 14.8. The zero-order valence-electron chi connectivity index (χ0n) is 8.59. The van der Waals surface area contributed by atoms with Gasteiger partial charge in [-0.25, -0.2) is 14.2 Å².